The lowest BCUT2D eigenvalue weighted by atomic mass is 10.1. The molecule has 3 N–H and O–H groups in total. The molecule has 3 amide bonds. The number of allylic oxidation sites excluding steroid dienone is 1. The summed E-state index contributed by atoms with van der Waals surface area (Å²) in [5, 5.41) is 14.4. The number of ether oxygens (including phenoxy) is 1. The monoisotopic (exact) mass is 347 g/mol. The second-order valence-corrected chi connectivity index (χ2v) is 5.50. The average molecular weight is 347 g/mol. The summed E-state index contributed by atoms with van der Waals surface area (Å²) in [7, 11) is 1.47. The van der Waals surface area contributed by atoms with Crippen molar-refractivity contribution in [1.29, 1.82) is 0 Å². The van der Waals surface area contributed by atoms with Gasteiger partial charge in [-0.3, -0.25) is 9.69 Å². The first-order chi connectivity index (χ1) is 12.0. The number of urea groups is 1. The van der Waals surface area contributed by atoms with Gasteiger partial charge in [-0.05, 0) is 31.0 Å². The maximum absolute atomic E-state index is 12.4. The lowest BCUT2D eigenvalue weighted by Gasteiger charge is -2.19. The lowest BCUT2D eigenvalue weighted by Crippen LogP contribution is -2.40. The lowest BCUT2D eigenvalue weighted by molar-refractivity contribution is -0.139. The number of carbonyl (C=O) groups is 3. The van der Waals surface area contributed by atoms with Crippen LogP contribution in [0.3, 0.4) is 0 Å². The normalized spacial score (nSPS) is 14.6. The number of hydrogen-bond acceptors (Lipinski definition) is 4. The van der Waals surface area contributed by atoms with Crippen LogP contribution < -0.4 is 20.3 Å². The van der Waals surface area contributed by atoms with Crippen molar-refractivity contribution in [3.8, 4) is 5.75 Å². The summed E-state index contributed by atoms with van der Waals surface area (Å²) >= 11 is 0. The molecule has 0 aliphatic carbocycles. The Balaban J connectivity index is 2.23. The van der Waals surface area contributed by atoms with Gasteiger partial charge in [0, 0.05) is 18.7 Å². The number of nitrogens with zero attached hydrogens (tertiary/aromatic N) is 1. The van der Waals surface area contributed by atoms with Crippen LogP contribution in [0.2, 0.25) is 0 Å². The topological polar surface area (TPSA) is 108 Å². The molecule has 1 fully saturated rings. The van der Waals surface area contributed by atoms with Crippen LogP contribution in [0.1, 0.15) is 23.2 Å². The van der Waals surface area contributed by atoms with Gasteiger partial charge in [-0.1, -0.05) is 6.08 Å². The molecule has 0 saturated carbocycles. The molecule has 8 nitrogen and oxygen atoms in total. The molecule has 0 spiro atoms. The first-order valence-corrected chi connectivity index (χ1v) is 7.86. The van der Waals surface area contributed by atoms with Crippen molar-refractivity contribution in [1.82, 2.24) is 10.6 Å². The highest BCUT2D eigenvalue weighted by atomic mass is 16.5. The second kappa shape index (κ2) is 8.18. The van der Waals surface area contributed by atoms with Crippen molar-refractivity contribution >= 4 is 23.6 Å². The molecule has 1 aliphatic heterocycles. The summed E-state index contributed by atoms with van der Waals surface area (Å²) in [5.74, 6) is -1.18. The van der Waals surface area contributed by atoms with Crippen LogP contribution in [-0.2, 0) is 4.79 Å². The van der Waals surface area contributed by atoms with Crippen molar-refractivity contribution in [2.45, 2.75) is 18.9 Å². The van der Waals surface area contributed by atoms with Gasteiger partial charge in [0.25, 0.3) is 5.91 Å². The number of methoxy groups -OCH3 is 1. The number of carbonyl (C=O) groups excluding carboxylic acids is 2. The van der Waals surface area contributed by atoms with Crippen LogP contribution in [0.4, 0.5) is 10.5 Å². The zero-order valence-corrected chi connectivity index (χ0v) is 13.9. The van der Waals surface area contributed by atoms with E-state index in [2.05, 4.69) is 17.2 Å². The van der Waals surface area contributed by atoms with Gasteiger partial charge in [-0.2, -0.15) is 0 Å². The Labute approximate surface area is 145 Å². The van der Waals surface area contributed by atoms with Crippen LogP contribution in [0.25, 0.3) is 0 Å². The summed E-state index contributed by atoms with van der Waals surface area (Å²) in [6.07, 6.45) is 2.32. The molecular formula is C17H21N3O5. The van der Waals surface area contributed by atoms with E-state index in [0.29, 0.717) is 30.9 Å². The molecule has 2 rings (SSSR count). The number of benzene rings is 1. The maximum atomic E-state index is 12.4. The van der Waals surface area contributed by atoms with Gasteiger partial charge in [0.1, 0.15) is 11.8 Å². The summed E-state index contributed by atoms with van der Waals surface area (Å²) < 4.78 is 5.25. The minimum Gasteiger partial charge on any atom is -0.495 e. The zero-order chi connectivity index (χ0) is 18.4. The molecule has 134 valence electrons. The smallest absolute Gasteiger partial charge is 0.326 e. The van der Waals surface area contributed by atoms with Crippen molar-refractivity contribution < 1.29 is 24.2 Å². The summed E-state index contributed by atoms with van der Waals surface area (Å²) in [4.78, 5) is 37.0. The zero-order valence-electron chi connectivity index (χ0n) is 13.9. The Morgan fingerprint density at radius 2 is 2.28 bits per heavy atom. The van der Waals surface area contributed by atoms with Gasteiger partial charge in [0.2, 0.25) is 0 Å². The highest BCUT2D eigenvalue weighted by Crippen LogP contribution is 2.30. The molecule has 1 aliphatic rings. The quantitative estimate of drug-likeness (QED) is 0.616. The highest BCUT2D eigenvalue weighted by molar-refractivity contribution is 6.00. The van der Waals surface area contributed by atoms with Gasteiger partial charge in [-0.25, -0.2) is 9.59 Å². The molecule has 1 unspecified atom stereocenters. The molecular weight excluding hydrogens is 326 g/mol. The van der Waals surface area contributed by atoms with E-state index in [1.54, 1.807) is 12.1 Å². The van der Waals surface area contributed by atoms with Gasteiger partial charge in [0.15, 0.2) is 0 Å². The SMILES string of the molecule is C=CCCC(NC(=O)c1ccc(OC)c(N2CCNC2=O)c1)C(=O)O. The Bertz CT molecular complexity index is 689. The molecule has 8 heteroatoms. The van der Waals surface area contributed by atoms with E-state index in [-0.39, 0.29) is 18.0 Å². The third kappa shape index (κ3) is 4.28. The van der Waals surface area contributed by atoms with E-state index in [1.165, 1.54) is 24.1 Å². The van der Waals surface area contributed by atoms with E-state index in [4.69, 9.17) is 4.74 Å². The molecule has 1 saturated heterocycles. The predicted molar refractivity (Wildman–Crippen MR) is 92.1 cm³/mol. The highest BCUT2D eigenvalue weighted by Gasteiger charge is 2.26. The number of amides is 3. The van der Waals surface area contributed by atoms with Crippen LogP contribution in [0.5, 0.6) is 5.75 Å². The summed E-state index contributed by atoms with van der Waals surface area (Å²) in [6, 6.07) is 3.34. The van der Waals surface area contributed by atoms with E-state index in [1.807, 2.05) is 0 Å². The molecule has 0 aromatic heterocycles. The average Bonchev–Trinajstić information content (AvgIpc) is 3.03. The van der Waals surface area contributed by atoms with Crippen LogP contribution in [0, 0.1) is 0 Å². The van der Waals surface area contributed by atoms with Gasteiger partial charge < -0.3 is 20.5 Å². The van der Waals surface area contributed by atoms with Gasteiger partial charge >= 0.3 is 12.0 Å². The summed E-state index contributed by atoms with van der Waals surface area (Å²) in [6.45, 7) is 4.51. The largest absolute Gasteiger partial charge is 0.495 e. The molecule has 1 heterocycles. The standard InChI is InChI=1S/C17H21N3O5/c1-3-4-5-12(16(22)23)19-15(21)11-6-7-14(25-2)13(10-11)20-9-8-18-17(20)24/h3,6-7,10,12H,1,4-5,8-9H2,2H3,(H,18,24)(H,19,21)(H,22,23). The minimum absolute atomic E-state index is 0.250. The molecule has 1 aromatic carbocycles. The number of rotatable bonds is 8. The fourth-order valence-electron chi connectivity index (χ4n) is 2.53. The number of nitrogens with one attached hydrogen (secondary N) is 2. The van der Waals surface area contributed by atoms with E-state index in [0.717, 1.165) is 0 Å². The minimum atomic E-state index is -1.11. The second-order valence-electron chi connectivity index (χ2n) is 5.50. The first-order valence-electron chi connectivity index (χ1n) is 7.86. The van der Waals surface area contributed by atoms with Gasteiger partial charge in [0.05, 0.1) is 12.8 Å². The van der Waals surface area contributed by atoms with Crippen molar-refractivity contribution in [2.75, 3.05) is 25.1 Å². The predicted octanol–water partition coefficient (Wildman–Crippen LogP) is 1.37. The third-order valence-electron chi connectivity index (χ3n) is 3.85. The Hall–Kier alpha value is -3.03. The molecule has 0 bridgehead atoms. The van der Waals surface area contributed by atoms with E-state index >= 15 is 0 Å². The van der Waals surface area contributed by atoms with E-state index in [9.17, 15) is 19.5 Å². The van der Waals surface area contributed by atoms with Crippen LogP contribution in [0.15, 0.2) is 30.9 Å². The van der Waals surface area contributed by atoms with Crippen molar-refractivity contribution in [3.63, 3.8) is 0 Å². The number of carboxylic acids is 1. The molecule has 0 radical (unpaired) electrons. The Morgan fingerprint density at radius 3 is 2.84 bits per heavy atom. The third-order valence-corrected chi connectivity index (χ3v) is 3.85. The Morgan fingerprint density at radius 1 is 1.52 bits per heavy atom. The number of anilines is 1. The van der Waals surface area contributed by atoms with Crippen LogP contribution in [-0.4, -0.2) is 49.3 Å². The van der Waals surface area contributed by atoms with Crippen LogP contribution >= 0.6 is 0 Å². The molecule has 25 heavy (non-hydrogen) atoms. The fourth-order valence-corrected chi connectivity index (χ4v) is 2.53. The van der Waals surface area contributed by atoms with Gasteiger partial charge in [-0.15, -0.1) is 6.58 Å². The number of aliphatic carboxylic acids is 1. The fraction of sp³-hybridized carbons (Fsp3) is 0.353. The summed E-state index contributed by atoms with van der Waals surface area (Å²) in [5.41, 5.74) is 0.712. The first kappa shape index (κ1) is 18.3. The number of carboxylic acid groups (broad SMARTS) is 1. The Kier molecular flexibility index (Phi) is 5.99. The maximum Gasteiger partial charge on any atom is 0.326 e. The number of hydrogen-bond donors (Lipinski definition) is 3. The molecule has 1 atom stereocenters. The van der Waals surface area contributed by atoms with E-state index < -0.39 is 17.9 Å². The van der Waals surface area contributed by atoms with Crippen molar-refractivity contribution in [2.24, 2.45) is 0 Å². The molecule has 1 aromatic rings. The van der Waals surface area contributed by atoms with Crippen molar-refractivity contribution in [3.05, 3.63) is 36.4 Å².